The van der Waals surface area contributed by atoms with Gasteiger partial charge in [0.1, 0.15) is 0 Å². The molecule has 0 aromatic heterocycles. The first kappa shape index (κ1) is 16.8. The molecule has 0 aromatic carbocycles. The summed E-state index contributed by atoms with van der Waals surface area (Å²) in [7, 11) is 3.65. The van der Waals surface area contributed by atoms with Crippen molar-refractivity contribution in [2.75, 3.05) is 40.5 Å². The molecule has 0 radical (unpaired) electrons. The Labute approximate surface area is 106 Å². The van der Waals surface area contributed by atoms with Crippen molar-refractivity contribution in [2.24, 2.45) is 0 Å². The average Bonchev–Trinajstić information content (AvgIpc) is 2.37. The fraction of sp³-hybridized carbons (Fsp3) is 1.00. The van der Waals surface area contributed by atoms with Crippen LogP contribution in [0.3, 0.4) is 0 Å². The summed E-state index contributed by atoms with van der Waals surface area (Å²) in [5, 5.41) is 12.3. The van der Waals surface area contributed by atoms with Gasteiger partial charge in [0.15, 0.2) is 0 Å². The quantitative estimate of drug-likeness (QED) is 0.573. The highest BCUT2D eigenvalue weighted by molar-refractivity contribution is 4.72. The van der Waals surface area contributed by atoms with Gasteiger partial charge in [-0.1, -0.05) is 13.8 Å². The van der Waals surface area contributed by atoms with Crippen molar-refractivity contribution < 1.29 is 9.84 Å². The Kier molecular flexibility index (Phi) is 10.9. The van der Waals surface area contributed by atoms with Crippen LogP contribution in [-0.2, 0) is 4.74 Å². The second-order valence-corrected chi connectivity index (χ2v) is 4.46. The van der Waals surface area contributed by atoms with E-state index >= 15 is 0 Å². The number of aliphatic hydroxyl groups excluding tert-OH is 1. The van der Waals surface area contributed by atoms with E-state index in [2.05, 4.69) is 24.1 Å². The first-order chi connectivity index (χ1) is 8.23. The molecule has 0 saturated carbocycles. The summed E-state index contributed by atoms with van der Waals surface area (Å²) < 4.78 is 5.16. The molecule has 0 fully saturated rings. The molecule has 0 saturated heterocycles. The predicted octanol–water partition coefficient (Wildman–Crippen LogP) is 1.09. The topological polar surface area (TPSA) is 44.7 Å². The summed E-state index contributed by atoms with van der Waals surface area (Å²) in [4.78, 5) is 2.48. The van der Waals surface area contributed by atoms with E-state index in [0.717, 1.165) is 26.1 Å². The molecule has 17 heavy (non-hydrogen) atoms. The van der Waals surface area contributed by atoms with Gasteiger partial charge in [-0.2, -0.15) is 0 Å². The molecule has 1 atom stereocenters. The lowest BCUT2D eigenvalue weighted by Crippen LogP contribution is -2.41. The van der Waals surface area contributed by atoms with Crippen molar-refractivity contribution in [1.29, 1.82) is 0 Å². The number of nitrogens with one attached hydrogen (secondary N) is 1. The van der Waals surface area contributed by atoms with Crippen LogP contribution in [0.4, 0.5) is 0 Å². The van der Waals surface area contributed by atoms with Gasteiger partial charge >= 0.3 is 0 Å². The van der Waals surface area contributed by atoms with Gasteiger partial charge in [-0.15, -0.1) is 0 Å². The van der Waals surface area contributed by atoms with E-state index in [-0.39, 0.29) is 12.6 Å². The minimum Gasteiger partial charge on any atom is -0.395 e. The maximum atomic E-state index is 9.16. The van der Waals surface area contributed by atoms with Crippen LogP contribution in [0.25, 0.3) is 0 Å². The van der Waals surface area contributed by atoms with Crippen LogP contribution in [0, 0.1) is 0 Å². The highest BCUT2D eigenvalue weighted by atomic mass is 16.5. The van der Waals surface area contributed by atoms with Crippen molar-refractivity contribution in [1.82, 2.24) is 10.2 Å². The lowest BCUT2D eigenvalue weighted by Gasteiger charge is -2.31. The zero-order valence-corrected chi connectivity index (χ0v) is 11.9. The van der Waals surface area contributed by atoms with Gasteiger partial charge in [0.25, 0.3) is 0 Å². The third-order valence-corrected chi connectivity index (χ3v) is 3.43. The van der Waals surface area contributed by atoms with E-state index in [1.165, 1.54) is 12.8 Å². The van der Waals surface area contributed by atoms with Crippen LogP contribution >= 0.6 is 0 Å². The van der Waals surface area contributed by atoms with Gasteiger partial charge in [-0.3, -0.25) is 4.90 Å². The molecule has 2 N–H and O–H groups in total. The van der Waals surface area contributed by atoms with E-state index in [1.807, 2.05) is 7.05 Å². The first-order valence-corrected chi connectivity index (χ1v) is 6.74. The average molecular weight is 246 g/mol. The van der Waals surface area contributed by atoms with Crippen LogP contribution < -0.4 is 5.32 Å². The summed E-state index contributed by atoms with van der Waals surface area (Å²) in [6.07, 6.45) is 3.32. The largest absolute Gasteiger partial charge is 0.395 e. The SMILES string of the molecule is CCC(CC)N(CCOC)CCC(CO)NC. The molecule has 0 bridgehead atoms. The molecule has 0 aromatic rings. The van der Waals surface area contributed by atoms with Crippen molar-refractivity contribution in [3.05, 3.63) is 0 Å². The third kappa shape index (κ3) is 6.99. The Morgan fingerprint density at radius 2 is 1.88 bits per heavy atom. The molecule has 1 unspecified atom stereocenters. The Hall–Kier alpha value is -0.160. The maximum Gasteiger partial charge on any atom is 0.0589 e. The molecule has 0 rings (SSSR count). The summed E-state index contributed by atoms with van der Waals surface area (Å²) in [5.74, 6) is 0. The molecule has 4 heteroatoms. The number of aliphatic hydroxyl groups is 1. The molecular weight excluding hydrogens is 216 g/mol. The fourth-order valence-corrected chi connectivity index (χ4v) is 2.14. The van der Waals surface area contributed by atoms with Crippen LogP contribution in [0.15, 0.2) is 0 Å². The Bertz CT molecular complexity index is 159. The number of likely N-dealkylation sites (N-methyl/N-ethyl adjacent to an activating group) is 1. The van der Waals surface area contributed by atoms with Gasteiger partial charge in [-0.05, 0) is 26.3 Å². The third-order valence-electron chi connectivity index (χ3n) is 3.43. The zero-order chi connectivity index (χ0) is 13.1. The van der Waals surface area contributed by atoms with Crippen molar-refractivity contribution in [2.45, 2.75) is 45.2 Å². The monoisotopic (exact) mass is 246 g/mol. The second-order valence-electron chi connectivity index (χ2n) is 4.46. The number of hydrogen-bond donors (Lipinski definition) is 2. The molecule has 0 amide bonds. The minimum absolute atomic E-state index is 0.203. The molecular formula is C13H30N2O2. The molecule has 4 nitrogen and oxygen atoms in total. The van der Waals surface area contributed by atoms with Gasteiger partial charge in [0.2, 0.25) is 0 Å². The van der Waals surface area contributed by atoms with Gasteiger partial charge < -0.3 is 15.2 Å². The van der Waals surface area contributed by atoms with Crippen LogP contribution in [-0.4, -0.2) is 62.6 Å². The standard InChI is InChI=1S/C13H30N2O2/c1-5-13(6-2)15(9-10-17-4)8-7-12(11-16)14-3/h12-14,16H,5-11H2,1-4H3. The Balaban J connectivity index is 4.16. The lowest BCUT2D eigenvalue weighted by molar-refractivity contribution is 0.108. The van der Waals surface area contributed by atoms with E-state index in [0.29, 0.717) is 6.04 Å². The molecule has 0 aliphatic heterocycles. The summed E-state index contributed by atoms with van der Waals surface area (Å²) in [5.41, 5.74) is 0. The number of rotatable bonds is 11. The Morgan fingerprint density at radius 3 is 2.29 bits per heavy atom. The summed E-state index contributed by atoms with van der Waals surface area (Å²) in [6, 6.07) is 0.829. The fourth-order valence-electron chi connectivity index (χ4n) is 2.14. The van der Waals surface area contributed by atoms with E-state index in [1.54, 1.807) is 7.11 Å². The highest BCUT2D eigenvalue weighted by Gasteiger charge is 2.16. The van der Waals surface area contributed by atoms with Gasteiger partial charge in [0, 0.05) is 32.3 Å². The van der Waals surface area contributed by atoms with E-state index in [9.17, 15) is 0 Å². The van der Waals surface area contributed by atoms with Crippen LogP contribution in [0.2, 0.25) is 0 Å². The molecule has 0 heterocycles. The van der Waals surface area contributed by atoms with Crippen molar-refractivity contribution in [3.8, 4) is 0 Å². The normalized spacial score (nSPS) is 13.6. The van der Waals surface area contributed by atoms with Gasteiger partial charge in [0.05, 0.1) is 13.2 Å². The summed E-state index contributed by atoms with van der Waals surface area (Å²) in [6.45, 7) is 7.44. The van der Waals surface area contributed by atoms with Crippen molar-refractivity contribution in [3.63, 3.8) is 0 Å². The Morgan fingerprint density at radius 1 is 1.24 bits per heavy atom. The van der Waals surface area contributed by atoms with Crippen LogP contribution in [0.5, 0.6) is 0 Å². The maximum absolute atomic E-state index is 9.16. The van der Waals surface area contributed by atoms with E-state index in [4.69, 9.17) is 9.84 Å². The first-order valence-electron chi connectivity index (χ1n) is 6.74. The van der Waals surface area contributed by atoms with E-state index < -0.39 is 0 Å². The number of nitrogens with zero attached hydrogens (tertiary/aromatic N) is 1. The second kappa shape index (κ2) is 11.0. The zero-order valence-electron chi connectivity index (χ0n) is 11.9. The number of methoxy groups -OCH3 is 1. The van der Waals surface area contributed by atoms with Crippen molar-refractivity contribution >= 4 is 0 Å². The predicted molar refractivity (Wildman–Crippen MR) is 72.4 cm³/mol. The molecule has 104 valence electrons. The lowest BCUT2D eigenvalue weighted by atomic mass is 10.1. The van der Waals surface area contributed by atoms with Crippen LogP contribution in [0.1, 0.15) is 33.1 Å². The minimum atomic E-state index is 0.203. The molecule has 0 aliphatic rings. The molecule has 0 aliphatic carbocycles. The number of hydrogen-bond acceptors (Lipinski definition) is 4. The smallest absolute Gasteiger partial charge is 0.0589 e. The number of ether oxygens (including phenoxy) is 1. The highest BCUT2D eigenvalue weighted by Crippen LogP contribution is 2.09. The summed E-state index contributed by atoms with van der Waals surface area (Å²) >= 11 is 0. The molecule has 0 spiro atoms. The van der Waals surface area contributed by atoms with Gasteiger partial charge in [-0.25, -0.2) is 0 Å².